The molecule has 0 bridgehead atoms. The zero-order valence-electron chi connectivity index (χ0n) is 9.15. The van der Waals surface area contributed by atoms with Gasteiger partial charge in [-0.25, -0.2) is 4.39 Å². The van der Waals surface area contributed by atoms with Crippen molar-refractivity contribution in [1.29, 1.82) is 0 Å². The van der Waals surface area contributed by atoms with Gasteiger partial charge in [-0.1, -0.05) is 29.8 Å². The van der Waals surface area contributed by atoms with Gasteiger partial charge in [0, 0.05) is 0 Å². The normalized spacial score (nSPS) is 11.0. The first-order chi connectivity index (χ1) is 8.68. The number of hydrogen-bond acceptors (Lipinski definition) is 1. The number of halogens is 2. The Labute approximate surface area is 113 Å². The number of para-hydroxylation sites is 2. The van der Waals surface area contributed by atoms with Crippen molar-refractivity contribution in [2.24, 2.45) is 0 Å². The van der Waals surface area contributed by atoms with Gasteiger partial charge in [0.2, 0.25) is 0 Å². The second-order valence-electron chi connectivity index (χ2n) is 3.85. The van der Waals surface area contributed by atoms with Crippen molar-refractivity contribution in [2.45, 2.75) is 0 Å². The van der Waals surface area contributed by atoms with Gasteiger partial charge in [-0.05, 0) is 36.5 Å². The molecule has 0 unspecified atom stereocenters. The predicted octanol–water partition coefficient (Wildman–Crippen LogP) is 4.48. The molecule has 1 aromatic heterocycles. The number of benzene rings is 2. The molecule has 0 aliphatic carbocycles. The van der Waals surface area contributed by atoms with E-state index in [4.69, 9.17) is 23.8 Å². The van der Waals surface area contributed by atoms with Crippen molar-refractivity contribution in [3.05, 3.63) is 58.1 Å². The third-order valence-corrected chi connectivity index (χ3v) is 3.37. The van der Waals surface area contributed by atoms with Crippen molar-refractivity contribution in [3.63, 3.8) is 0 Å². The Morgan fingerprint density at radius 2 is 1.89 bits per heavy atom. The number of fused-ring (bicyclic) bond motifs is 1. The van der Waals surface area contributed by atoms with Crippen LogP contribution >= 0.6 is 23.8 Å². The molecular formula is C13H8ClFN2S. The highest BCUT2D eigenvalue weighted by Gasteiger charge is 2.11. The minimum absolute atomic E-state index is 0.329. The number of aromatic nitrogens is 2. The standard InChI is InChI=1S/C13H8ClFN2S/c14-8-4-1-2-6-10(8)17-11-7-3-5-9(15)12(11)16-13(17)18/h1-7H,(H,16,18). The van der Waals surface area contributed by atoms with Gasteiger partial charge in [-0.15, -0.1) is 0 Å². The Morgan fingerprint density at radius 3 is 2.67 bits per heavy atom. The Bertz CT molecular complexity index is 791. The average molecular weight is 279 g/mol. The van der Waals surface area contributed by atoms with Crippen LogP contribution in [0.1, 0.15) is 0 Å². The van der Waals surface area contributed by atoms with Crippen molar-refractivity contribution in [2.75, 3.05) is 0 Å². The molecule has 0 saturated carbocycles. The first kappa shape index (κ1) is 11.4. The third kappa shape index (κ3) is 1.65. The quantitative estimate of drug-likeness (QED) is 0.651. The highest BCUT2D eigenvalue weighted by molar-refractivity contribution is 7.71. The summed E-state index contributed by atoms with van der Waals surface area (Å²) < 4.78 is 15.8. The van der Waals surface area contributed by atoms with E-state index in [0.29, 0.717) is 20.8 Å². The molecule has 1 heterocycles. The lowest BCUT2D eigenvalue weighted by Gasteiger charge is -2.06. The van der Waals surface area contributed by atoms with Gasteiger partial charge < -0.3 is 4.98 Å². The van der Waals surface area contributed by atoms with Gasteiger partial charge in [0.1, 0.15) is 11.3 Å². The predicted molar refractivity (Wildman–Crippen MR) is 73.4 cm³/mol. The lowest BCUT2D eigenvalue weighted by molar-refractivity contribution is 0.637. The summed E-state index contributed by atoms with van der Waals surface area (Å²) in [4.78, 5) is 2.87. The number of hydrogen-bond donors (Lipinski definition) is 1. The van der Waals surface area contributed by atoms with E-state index < -0.39 is 0 Å². The van der Waals surface area contributed by atoms with Crippen molar-refractivity contribution >= 4 is 34.9 Å². The van der Waals surface area contributed by atoms with E-state index in [-0.39, 0.29) is 5.82 Å². The van der Waals surface area contributed by atoms with Gasteiger partial charge in [0.05, 0.1) is 16.2 Å². The summed E-state index contributed by atoms with van der Waals surface area (Å²) in [5.74, 6) is -0.329. The number of nitrogens with one attached hydrogen (secondary N) is 1. The minimum atomic E-state index is -0.329. The van der Waals surface area contributed by atoms with Crippen LogP contribution in [0.25, 0.3) is 16.7 Å². The Kier molecular flexibility index (Phi) is 2.69. The molecule has 5 heteroatoms. The maximum absolute atomic E-state index is 13.7. The summed E-state index contributed by atoms with van der Waals surface area (Å²) in [6.45, 7) is 0. The van der Waals surface area contributed by atoms with Crippen LogP contribution in [-0.2, 0) is 0 Å². The lowest BCUT2D eigenvalue weighted by atomic mass is 10.2. The Hall–Kier alpha value is -1.65. The molecule has 0 aliphatic rings. The van der Waals surface area contributed by atoms with Crippen molar-refractivity contribution in [1.82, 2.24) is 9.55 Å². The van der Waals surface area contributed by atoms with Crippen LogP contribution in [0, 0.1) is 10.6 Å². The number of H-pyrrole nitrogens is 1. The molecule has 0 spiro atoms. The van der Waals surface area contributed by atoms with E-state index in [1.54, 1.807) is 22.8 Å². The van der Waals surface area contributed by atoms with Gasteiger partial charge in [-0.3, -0.25) is 4.57 Å². The molecule has 90 valence electrons. The maximum Gasteiger partial charge on any atom is 0.182 e. The van der Waals surface area contributed by atoms with Crippen LogP contribution in [0.15, 0.2) is 42.5 Å². The summed E-state index contributed by atoms with van der Waals surface area (Å²) >= 11 is 11.4. The molecule has 0 saturated heterocycles. The molecule has 3 rings (SSSR count). The summed E-state index contributed by atoms with van der Waals surface area (Å²) in [6.07, 6.45) is 0. The third-order valence-electron chi connectivity index (χ3n) is 2.76. The van der Waals surface area contributed by atoms with Crippen LogP contribution in [0.5, 0.6) is 0 Å². The monoisotopic (exact) mass is 278 g/mol. The Morgan fingerprint density at radius 1 is 1.11 bits per heavy atom. The van der Waals surface area contributed by atoms with E-state index >= 15 is 0 Å². The minimum Gasteiger partial charge on any atom is -0.328 e. The van der Waals surface area contributed by atoms with E-state index in [9.17, 15) is 4.39 Å². The fourth-order valence-corrected chi connectivity index (χ4v) is 2.49. The fourth-order valence-electron chi connectivity index (χ4n) is 1.97. The second kappa shape index (κ2) is 4.23. The molecule has 3 aromatic rings. The lowest BCUT2D eigenvalue weighted by Crippen LogP contribution is -1.94. The van der Waals surface area contributed by atoms with Gasteiger partial charge in [-0.2, -0.15) is 0 Å². The summed E-state index contributed by atoms with van der Waals surface area (Å²) in [6, 6.07) is 12.2. The molecule has 0 atom stereocenters. The summed E-state index contributed by atoms with van der Waals surface area (Å²) in [7, 11) is 0. The summed E-state index contributed by atoms with van der Waals surface area (Å²) in [5.41, 5.74) is 1.80. The molecule has 0 radical (unpaired) electrons. The Balaban J connectivity index is 2.44. The number of rotatable bonds is 1. The molecule has 18 heavy (non-hydrogen) atoms. The second-order valence-corrected chi connectivity index (χ2v) is 4.64. The topological polar surface area (TPSA) is 20.7 Å². The molecule has 0 amide bonds. The van der Waals surface area contributed by atoms with Crippen molar-refractivity contribution in [3.8, 4) is 5.69 Å². The van der Waals surface area contributed by atoms with E-state index in [1.807, 2.05) is 18.2 Å². The zero-order valence-corrected chi connectivity index (χ0v) is 10.7. The number of imidazole rings is 1. The highest BCUT2D eigenvalue weighted by Crippen LogP contribution is 2.26. The number of aromatic amines is 1. The average Bonchev–Trinajstić information content (AvgIpc) is 2.68. The van der Waals surface area contributed by atoms with Gasteiger partial charge >= 0.3 is 0 Å². The fraction of sp³-hybridized carbons (Fsp3) is 0. The van der Waals surface area contributed by atoms with Crippen LogP contribution < -0.4 is 0 Å². The molecule has 0 fully saturated rings. The first-order valence-electron chi connectivity index (χ1n) is 5.32. The SMILES string of the molecule is Fc1cccc2c1[nH]c(=S)n2-c1ccccc1Cl. The van der Waals surface area contributed by atoms with E-state index in [2.05, 4.69) is 4.98 Å². The largest absolute Gasteiger partial charge is 0.328 e. The summed E-state index contributed by atoms with van der Waals surface area (Å²) in [5, 5.41) is 0.568. The highest BCUT2D eigenvalue weighted by atomic mass is 35.5. The van der Waals surface area contributed by atoms with Gasteiger partial charge in [0.25, 0.3) is 0 Å². The molecule has 2 nitrogen and oxygen atoms in total. The molecule has 0 aliphatic heterocycles. The van der Waals surface area contributed by atoms with Crippen LogP contribution in [0.3, 0.4) is 0 Å². The van der Waals surface area contributed by atoms with E-state index in [0.717, 1.165) is 5.69 Å². The first-order valence-corrected chi connectivity index (χ1v) is 6.11. The maximum atomic E-state index is 13.7. The molecule has 1 N–H and O–H groups in total. The smallest absolute Gasteiger partial charge is 0.182 e. The molecular weight excluding hydrogens is 271 g/mol. The van der Waals surface area contributed by atoms with Crippen LogP contribution in [0.2, 0.25) is 5.02 Å². The zero-order chi connectivity index (χ0) is 12.7. The van der Waals surface area contributed by atoms with Crippen LogP contribution in [0.4, 0.5) is 4.39 Å². The number of nitrogens with zero attached hydrogens (tertiary/aromatic N) is 1. The molecule has 2 aromatic carbocycles. The van der Waals surface area contributed by atoms with Gasteiger partial charge in [0.15, 0.2) is 4.77 Å². The van der Waals surface area contributed by atoms with Crippen molar-refractivity contribution < 1.29 is 4.39 Å². The van der Waals surface area contributed by atoms with E-state index in [1.165, 1.54) is 6.07 Å². The van der Waals surface area contributed by atoms with Crippen LogP contribution in [-0.4, -0.2) is 9.55 Å².